The van der Waals surface area contributed by atoms with Crippen LogP contribution in [0.3, 0.4) is 0 Å². The van der Waals surface area contributed by atoms with Crippen LogP contribution in [-0.4, -0.2) is 38.9 Å². The lowest BCUT2D eigenvalue weighted by Crippen LogP contribution is -2.39. The number of alkyl halides is 3. The molecule has 0 radical (unpaired) electrons. The van der Waals surface area contributed by atoms with Gasteiger partial charge in [-0.25, -0.2) is 13.1 Å². The predicted octanol–water partition coefficient (Wildman–Crippen LogP) is 4.23. The Morgan fingerprint density at radius 3 is 2.35 bits per heavy atom. The number of piperidine rings is 1. The SMILES string of the molecule is Cc1ccc(C(=O)N2CCC(CCNS(=O)(=O)c3cccc(C(F)(F)F)c3)CC2)cc1. The van der Waals surface area contributed by atoms with Gasteiger partial charge in [0.25, 0.3) is 5.91 Å². The van der Waals surface area contributed by atoms with Crippen molar-refractivity contribution >= 4 is 15.9 Å². The van der Waals surface area contributed by atoms with E-state index in [0.29, 0.717) is 31.1 Å². The van der Waals surface area contributed by atoms with E-state index < -0.39 is 26.7 Å². The highest BCUT2D eigenvalue weighted by atomic mass is 32.2. The Morgan fingerprint density at radius 1 is 1.10 bits per heavy atom. The summed E-state index contributed by atoms with van der Waals surface area (Å²) in [6, 6.07) is 11.1. The van der Waals surface area contributed by atoms with E-state index in [2.05, 4.69) is 4.72 Å². The van der Waals surface area contributed by atoms with Crippen LogP contribution in [0.5, 0.6) is 0 Å². The molecule has 2 aromatic rings. The van der Waals surface area contributed by atoms with Crippen LogP contribution < -0.4 is 4.72 Å². The molecule has 0 unspecified atom stereocenters. The van der Waals surface area contributed by atoms with E-state index in [0.717, 1.165) is 36.6 Å². The first-order chi connectivity index (χ1) is 14.6. The normalized spacial score (nSPS) is 15.8. The number of nitrogens with zero attached hydrogens (tertiary/aromatic N) is 1. The van der Waals surface area contributed by atoms with Crippen LogP contribution in [0.25, 0.3) is 0 Å². The standard InChI is InChI=1S/C22H25F3N2O3S/c1-16-5-7-18(8-6-16)21(28)27-13-10-17(11-14-27)9-12-26-31(29,30)20-4-2-3-19(15-20)22(23,24)25/h2-8,15,17,26H,9-14H2,1H3. The molecule has 1 saturated heterocycles. The third kappa shape index (κ3) is 6.07. The van der Waals surface area contributed by atoms with Gasteiger partial charge in [-0.3, -0.25) is 4.79 Å². The molecular formula is C22H25F3N2O3S. The average molecular weight is 455 g/mol. The number of carbonyl (C=O) groups is 1. The highest BCUT2D eigenvalue weighted by Gasteiger charge is 2.31. The van der Waals surface area contributed by atoms with Gasteiger partial charge in [0.05, 0.1) is 10.5 Å². The number of amides is 1. The van der Waals surface area contributed by atoms with Crippen LogP contribution in [-0.2, 0) is 16.2 Å². The summed E-state index contributed by atoms with van der Waals surface area (Å²) in [7, 11) is -4.02. The van der Waals surface area contributed by atoms with E-state index in [1.165, 1.54) is 0 Å². The second-order valence-electron chi connectivity index (χ2n) is 7.81. The van der Waals surface area contributed by atoms with Crippen molar-refractivity contribution in [3.8, 4) is 0 Å². The average Bonchev–Trinajstić information content (AvgIpc) is 2.74. The van der Waals surface area contributed by atoms with E-state index in [1.807, 2.05) is 31.2 Å². The second-order valence-corrected chi connectivity index (χ2v) is 9.58. The monoisotopic (exact) mass is 454 g/mol. The molecule has 1 amide bonds. The molecule has 1 aliphatic heterocycles. The third-order valence-electron chi connectivity index (χ3n) is 5.52. The Hall–Kier alpha value is -2.39. The molecule has 3 rings (SSSR count). The van der Waals surface area contributed by atoms with Crippen molar-refractivity contribution in [2.24, 2.45) is 5.92 Å². The van der Waals surface area contributed by atoms with Gasteiger partial charge < -0.3 is 4.90 Å². The Kier molecular flexibility index (Phi) is 7.06. The van der Waals surface area contributed by atoms with Crippen LogP contribution >= 0.6 is 0 Å². The van der Waals surface area contributed by atoms with E-state index in [4.69, 9.17) is 0 Å². The van der Waals surface area contributed by atoms with Crippen molar-refractivity contribution in [3.05, 3.63) is 65.2 Å². The molecule has 0 aromatic heterocycles. The molecular weight excluding hydrogens is 429 g/mol. The molecule has 1 aliphatic rings. The fraction of sp³-hybridized carbons (Fsp3) is 0.409. The lowest BCUT2D eigenvalue weighted by atomic mass is 9.93. The smallest absolute Gasteiger partial charge is 0.339 e. The highest BCUT2D eigenvalue weighted by molar-refractivity contribution is 7.89. The van der Waals surface area contributed by atoms with Gasteiger partial charge in [-0.05, 0) is 62.4 Å². The molecule has 0 saturated carbocycles. The summed E-state index contributed by atoms with van der Waals surface area (Å²) in [6.07, 6.45) is -2.54. The fourth-order valence-corrected chi connectivity index (χ4v) is 4.72. The summed E-state index contributed by atoms with van der Waals surface area (Å²) < 4.78 is 65.5. The first kappa shape index (κ1) is 23.3. The van der Waals surface area contributed by atoms with Gasteiger partial charge in [-0.2, -0.15) is 13.2 Å². The minimum atomic E-state index is -4.60. The number of rotatable bonds is 6. The minimum absolute atomic E-state index is 0.0105. The summed E-state index contributed by atoms with van der Waals surface area (Å²) in [4.78, 5) is 14.0. The number of nitrogens with one attached hydrogen (secondary N) is 1. The molecule has 31 heavy (non-hydrogen) atoms. The maximum Gasteiger partial charge on any atom is 0.416 e. The van der Waals surface area contributed by atoms with E-state index >= 15 is 0 Å². The lowest BCUT2D eigenvalue weighted by Gasteiger charge is -2.32. The van der Waals surface area contributed by atoms with Crippen LogP contribution in [0.2, 0.25) is 0 Å². The zero-order valence-electron chi connectivity index (χ0n) is 17.2. The Bertz CT molecular complexity index is 1010. The molecule has 1 heterocycles. The molecule has 5 nitrogen and oxygen atoms in total. The maximum atomic E-state index is 12.8. The van der Waals surface area contributed by atoms with E-state index in [-0.39, 0.29) is 18.4 Å². The summed E-state index contributed by atoms with van der Waals surface area (Å²) in [5, 5.41) is 0. The molecule has 9 heteroatoms. The number of hydrogen-bond acceptors (Lipinski definition) is 3. The summed E-state index contributed by atoms with van der Waals surface area (Å²) in [6.45, 7) is 3.28. The van der Waals surface area contributed by atoms with Crippen LogP contribution in [0.15, 0.2) is 53.4 Å². The summed E-state index contributed by atoms with van der Waals surface area (Å²) >= 11 is 0. The number of halogens is 3. The zero-order valence-corrected chi connectivity index (χ0v) is 18.0. The number of benzene rings is 2. The van der Waals surface area contributed by atoms with Crippen molar-refractivity contribution < 1.29 is 26.4 Å². The van der Waals surface area contributed by atoms with E-state index in [1.54, 1.807) is 4.90 Å². The Morgan fingerprint density at radius 2 is 1.74 bits per heavy atom. The summed E-state index contributed by atoms with van der Waals surface area (Å²) in [5.74, 6) is 0.231. The zero-order chi connectivity index (χ0) is 22.6. The third-order valence-corrected chi connectivity index (χ3v) is 6.98. The van der Waals surface area contributed by atoms with Gasteiger partial charge in [-0.1, -0.05) is 23.8 Å². The van der Waals surface area contributed by atoms with Gasteiger partial charge in [0.2, 0.25) is 10.0 Å². The highest BCUT2D eigenvalue weighted by Crippen LogP contribution is 2.30. The molecule has 1 N–H and O–H groups in total. The molecule has 0 aliphatic carbocycles. The number of hydrogen-bond donors (Lipinski definition) is 1. The van der Waals surface area contributed by atoms with Gasteiger partial charge in [0.1, 0.15) is 0 Å². The van der Waals surface area contributed by atoms with Crippen LogP contribution in [0, 0.1) is 12.8 Å². The molecule has 0 atom stereocenters. The van der Waals surface area contributed by atoms with Crippen molar-refractivity contribution in [1.29, 1.82) is 0 Å². The van der Waals surface area contributed by atoms with Crippen LogP contribution in [0.1, 0.15) is 40.7 Å². The first-order valence-corrected chi connectivity index (χ1v) is 11.6. The van der Waals surface area contributed by atoms with Gasteiger partial charge in [0, 0.05) is 25.2 Å². The second kappa shape index (κ2) is 9.40. The van der Waals surface area contributed by atoms with E-state index in [9.17, 15) is 26.4 Å². The Balaban J connectivity index is 1.49. The number of carbonyl (C=O) groups excluding carboxylic acids is 1. The van der Waals surface area contributed by atoms with Gasteiger partial charge >= 0.3 is 6.18 Å². The Labute approximate surface area is 180 Å². The largest absolute Gasteiger partial charge is 0.416 e. The molecule has 2 aromatic carbocycles. The number of likely N-dealkylation sites (tertiary alicyclic amines) is 1. The fourth-order valence-electron chi connectivity index (χ4n) is 3.62. The van der Waals surface area contributed by atoms with Crippen molar-refractivity contribution in [1.82, 2.24) is 9.62 Å². The first-order valence-electron chi connectivity index (χ1n) is 10.1. The minimum Gasteiger partial charge on any atom is -0.339 e. The molecule has 0 bridgehead atoms. The quantitative estimate of drug-likeness (QED) is 0.710. The number of sulfonamides is 1. The van der Waals surface area contributed by atoms with Gasteiger partial charge in [-0.15, -0.1) is 0 Å². The van der Waals surface area contributed by atoms with Crippen LogP contribution in [0.4, 0.5) is 13.2 Å². The van der Waals surface area contributed by atoms with Crippen molar-refractivity contribution in [3.63, 3.8) is 0 Å². The topological polar surface area (TPSA) is 66.5 Å². The number of aryl methyl sites for hydroxylation is 1. The summed E-state index contributed by atoms with van der Waals surface area (Å²) in [5.41, 5.74) is 0.738. The molecule has 168 valence electrons. The molecule has 0 spiro atoms. The van der Waals surface area contributed by atoms with Crippen molar-refractivity contribution in [2.45, 2.75) is 37.3 Å². The molecule has 1 fully saturated rings. The van der Waals surface area contributed by atoms with Gasteiger partial charge in [0.15, 0.2) is 0 Å². The van der Waals surface area contributed by atoms with Crippen molar-refractivity contribution in [2.75, 3.05) is 19.6 Å². The lowest BCUT2D eigenvalue weighted by molar-refractivity contribution is -0.137. The maximum absolute atomic E-state index is 12.8. The predicted molar refractivity (Wildman–Crippen MR) is 111 cm³/mol.